The maximum atomic E-state index is 12.3. The van der Waals surface area contributed by atoms with Crippen LogP contribution in [0.3, 0.4) is 0 Å². The van der Waals surface area contributed by atoms with E-state index in [1.165, 1.54) is 5.56 Å². The van der Waals surface area contributed by atoms with Gasteiger partial charge in [0.15, 0.2) is 0 Å². The van der Waals surface area contributed by atoms with E-state index in [-0.39, 0.29) is 12.0 Å². The van der Waals surface area contributed by atoms with Gasteiger partial charge in [-0.2, -0.15) is 0 Å². The number of benzene rings is 1. The summed E-state index contributed by atoms with van der Waals surface area (Å²) in [5, 5.41) is 6.23. The Labute approximate surface area is 142 Å². The van der Waals surface area contributed by atoms with Crippen LogP contribution in [-0.2, 0) is 11.3 Å². The summed E-state index contributed by atoms with van der Waals surface area (Å²) in [5.74, 6) is -0.121. The number of carbonyl (C=O) groups excluding carboxylic acids is 1. The number of amides is 1. The van der Waals surface area contributed by atoms with Crippen molar-refractivity contribution < 1.29 is 9.53 Å². The Kier molecular flexibility index (Phi) is 5.43. The average Bonchev–Trinajstić information content (AvgIpc) is 3.12. The van der Waals surface area contributed by atoms with Crippen molar-refractivity contribution in [2.75, 3.05) is 18.5 Å². The first-order valence-corrected chi connectivity index (χ1v) is 8.35. The van der Waals surface area contributed by atoms with E-state index in [2.05, 4.69) is 21.7 Å². The summed E-state index contributed by atoms with van der Waals surface area (Å²) < 4.78 is 5.59. The van der Waals surface area contributed by atoms with Crippen LogP contribution in [0.5, 0.6) is 0 Å². The molecule has 3 rings (SSSR count). The lowest BCUT2D eigenvalue weighted by molar-refractivity contribution is 0.0950. The van der Waals surface area contributed by atoms with Crippen molar-refractivity contribution in [3.63, 3.8) is 0 Å². The molecule has 126 valence electrons. The number of nitrogens with one attached hydrogen (secondary N) is 2. The molecule has 1 unspecified atom stereocenters. The lowest BCUT2D eigenvalue weighted by Crippen LogP contribution is -2.23. The number of hydrogen-bond acceptors (Lipinski definition) is 4. The summed E-state index contributed by atoms with van der Waals surface area (Å²) in [4.78, 5) is 16.5. The van der Waals surface area contributed by atoms with Crippen molar-refractivity contribution in [1.82, 2.24) is 10.3 Å². The fourth-order valence-electron chi connectivity index (χ4n) is 2.80. The molecule has 5 heteroatoms. The number of carbonyl (C=O) groups is 1. The Morgan fingerprint density at radius 2 is 2.25 bits per heavy atom. The number of aromatic nitrogens is 1. The standard InChI is InChI=1S/C19H23N3O2/c1-14-4-2-5-15(8-14)10-22-19(23)16-9-17(12-20-11-16)21-13-18-6-3-7-24-18/h2,4-5,8-9,11-12,18,21H,3,6-7,10,13H2,1H3,(H,22,23). The molecule has 0 saturated carbocycles. The van der Waals surface area contributed by atoms with Gasteiger partial charge in [-0.05, 0) is 31.4 Å². The Hall–Kier alpha value is -2.40. The van der Waals surface area contributed by atoms with Crippen molar-refractivity contribution in [2.24, 2.45) is 0 Å². The Morgan fingerprint density at radius 3 is 3.04 bits per heavy atom. The molecule has 0 spiro atoms. The van der Waals surface area contributed by atoms with E-state index in [4.69, 9.17) is 4.74 Å². The molecule has 1 saturated heterocycles. The van der Waals surface area contributed by atoms with Gasteiger partial charge >= 0.3 is 0 Å². The molecule has 0 aliphatic carbocycles. The SMILES string of the molecule is Cc1cccc(CNC(=O)c2cncc(NCC3CCCO3)c2)c1. The van der Waals surface area contributed by atoms with Gasteiger partial charge in [0.25, 0.3) is 5.91 Å². The molecule has 1 aliphatic rings. The molecule has 24 heavy (non-hydrogen) atoms. The van der Waals surface area contributed by atoms with Gasteiger partial charge < -0.3 is 15.4 Å². The normalized spacial score (nSPS) is 16.8. The van der Waals surface area contributed by atoms with Crippen LogP contribution in [0.2, 0.25) is 0 Å². The van der Waals surface area contributed by atoms with Crippen LogP contribution in [0.4, 0.5) is 5.69 Å². The molecule has 1 aromatic heterocycles. The summed E-state index contributed by atoms with van der Waals surface area (Å²) in [5.41, 5.74) is 3.67. The molecule has 1 amide bonds. The highest BCUT2D eigenvalue weighted by atomic mass is 16.5. The van der Waals surface area contributed by atoms with Crippen molar-refractivity contribution in [2.45, 2.75) is 32.4 Å². The van der Waals surface area contributed by atoms with E-state index in [0.717, 1.165) is 37.2 Å². The fraction of sp³-hybridized carbons (Fsp3) is 0.368. The van der Waals surface area contributed by atoms with E-state index in [1.807, 2.05) is 31.2 Å². The predicted molar refractivity (Wildman–Crippen MR) is 94.0 cm³/mol. The first kappa shape index (κ1) is 16.5. The van der Waals surface area contributed by atoms with Gasteiger partial charge in [-0.25, -0.2) is 0 Å². The Morgan fingerprint density at radius 1 is 1.33 bits per heavy atom. The van der Waals surface area contributed by atoms with Crippen LogP contribution in [0.15, 0.2) is 42.7 Å². The van der Waals surface area contributed by atoms with Crippen LogP contribution in [0.25, 0.3) is 0 Å². The molecule has 1 fully saturated rings. The molecule has 1 atom stereocenters. The van der Waals surface area contributed by atoms with Crippen molar-refractivity contribution in [3.8, 4) is 0 Å². The van der Waals surface area contributed by atoms with Gasteiger partial charge in [0, 0.05) is 32.1 Å². The molecule has 1 aliphatic heterocycles. The summed E-state index contributed by atoms with van der Waals surface area (Å²) in [7, 11) is 0. The number of rotatable bonds is 6. The largest absolute Gasteiger partial charge is 0.381 e. The second kappa shape index (κ2) is 7.93. The van der Waals surface area contributed by atoms with Gasteiger partial charge in [0.05, 0.1) is 17.4 Å². The second-order valence-corrected chi connectivity index (χ2v) is 6.15. The number of aryl methyl sites for hydroxylation is 1. The van der Waals surface area contributed by atoms with E-state index in [0.29, 0.717) is 12.1 Å². The van der Waals surface area contributed by atoms with Crippen LogP contribution in [0, 0.1) is 6.92 Å². The lowest BCUT2D eigenvalue weighted by atomic mass is 10.1. The molecule has 2 aromatic rings. The maximum Gasteiger partial charge on any atom is 0.253 e. The maximum absolute atomic E-state index is 12.3. The number of pyridine rings is 1. The molecule has 5 nitrogen and oxygen atoms in total. The van der Waals surface area contributed by atoms with Crippen LogP contribution < -0.4 is 10.6 Å². The molecule has 0 radical (unpaired) electrons. The van der Waals surface area contributed by atoms with Gasteiger partial charge in [0.1, 0.15) is 0 Å². The highest BCUT2D eigenvalue weighted by molar-refractivity contribution is 5.94. The molecule has 2 heterocycles. The van der Waals surface area contributed by atoms with Crippen molar-refractivity contribution >= 4 is 11.6 Å². The number of hydrogen-bond donors (Lipinski definition) is 2. The third-order valence-electron chi connectivity index (χ3n) is 4.09. The summed E-state index contributed by atoms with van der Waals surface area (Å²) in [6.45, 7) is 4.13. The second-order valence-electron chi connectivity index (χ2n) is 6.15. The van der Waals surface area contributed by atoms with Gasteiger partial charge in [-0.1, -0.05) is 29.8 Å². The molecular formula is C19H23N3O2. The summed E-state index contributed by atoms with van der Waals surface area (Å²) >= 11 is 0. The Balaban J connectivity index is 1.55. The third-order valence-corrected chi connectivity index (χ3v) is 4.09. The third kappa shape index (κ3) is 4.55. The first-order chi connectivity index (χ1) is 11.7. The zero-order valence-corrected chi connectivity index (χ0v) is 13.9. The summed E-state index contributed by atoms with van der Waals surface area (Å²) in [6.07, 6.45) is 5.77. The minimum Gasteiger partial charge on any atom is -0.381 e. The highest BCUT2D eigenvalue weighted by Gasteiger charge is 2.15. The van der Waals surface area contributed by atoms with E-state index >= 15 is 0 Å². The van der Waals surface area contributed by atoms with Gasteiger partial charge in [0.2, 0.25) is 0 Å². The topological polar surface area (TPSA) is 63.2 Å². The predicted octanol–water partition coefficient (Wildman–Crippen LogP) is 2.91. The minimum absolute atomic E-state index is 0.121. The first-order valence-electron chi connectivity index (χ1n) is 8.35. The molecular weight excluding hydrogens is 302 g/mol. The Bertz CT molecular complexity index is 697. The number of nitrogens with zero attached hydrogens (tertiary/aromatic N) is 1. The summed E-state index contributed by atoms with van der Waals surface area (Å²) in [6, 6.07) is 9.93. The molecule has 0 bridgehead atoms. The monoisotopic (exact) mass is 325 g/mol. The van der Waals surface area contributed by atoms with Crippen molar-refractivity contribution in [3.05, 3.63) is 59.4 Å². The van der Waals surface area contributed by atoms with Crippen LogP contribution in [-0.4, -0.2) is 30.1 Å². The van der Waals surface area contributed by atoms with E-state index in [9.17, 15) is 4.79 Å². The van der Waals surface area contributed by atoms with Gasteiger partial charge in [-0.3, -0.25) is 9.78 Å². The van der Waals surface area contributed by atoms with Crippen molar-refractivity contribution in [1.29, 1.82) is 0 Å². The quantitative estimate of drug-likeness (QED) is 0.857. The number of anilines is 1. The fourth-order valence-corrected chi connectivity index (χ4v) is 2.80. The zero-order valence-electron chi connectivity index (χ0n) is 13.9. The number of ether oxygens (including phenoxy) is 1. The van der Waals surface area contributed by atoms with E-state index in [1.54, 1.807) is 12.4 Å². The lowest BCUT2D eigenvalue weighted by Gasteiger charge is -2.12. The van der Waals surface area contributed by atoms with Crippen LogP contribution >= 0.6 is 0 Å². The molecule has 2 N–H and O–H groups in total. The molecule has 1 aromatic carbocycles. The van der Waals surface area contributed by atoms with Gasteiger partial charge in [-0.15, -0.1) is 0 Å². The zero-order chi connectivity index (χ0) is 16.8. The smallest absolute Gasteiger partial charge is 0.253 e. The van der Waals surface area contributed by atoms with E-state index < -0.39 is 0 Å². The van der Waals surface area contributed by atoms with Crippen LogP contribution in [0.1, 0.15) is 34.3 Å². The minimum atomic E-state index is -0.121. The average molecular weight is 325 g/mol. The highest BCUT2D eigenvalue weighted by Crippen LogP contribution is 2.14.